The van der Waals surface area contributed by atoms with Gasteiger partial charge < -0.3 is 14.1 Å². The Morgan fingerprint density at radius 3 is 2.58 bits per heavy atom. The number of methoxy groups -OCH3 is 1. The van der Waals surface area contributed by atoms with E-state index in [4.69, 9.17) is 9.15 Å². The molecule has 0 aliphatic heterocycles. The first-order valence-electron chi connectivity index (χ1n) is 9.99. The summed E-state index contributed by atoms with van der Waals surface area (Å²) in [4.78, 5) is 32.1. The molecule has 2 aromatic heterocycles. The minimum absolute atomic E-state index is 0.00949. The van der Waals surface area contributed by atoms with Crippen LogP contribution < -0.4 is 10.4 Å². The summed E-state index contributed by atoms with van der Waals surface area (Å²) in [7, 11) is 1.51. The first-order valence-corrected chi connectivity index (χ1v) is 9.99. The molecular weight excluding hydrogens is 392 g/mol. The normalized spacial score (nSPS) is 10.7. The summed E-state index contributed by atoms with van der Waals surface area (Å²) in [6.07, 6.45) is 2.35. The number of benzene rings is 2. The van der Waals surface area contributed by atoms with Crippen molar-refractivity contribution < 1.29 is 13.9 Å². The average Bonchev–Trinajstić information content (AvgIpc) is 2.82. The van der Waals surface area contributed by atoms with Crippen molar-refractivity contribution >= 4 is 16.9 Å². The number of para-hydroxylation sites is 1. The average molecular weight is 414 g/mol. The molecule has 0 aliphatic carbocycles. The molecule has 0 N–H and O–H groups in total. The van der Waals surface area contributed by atoms with E-state index < -0.39 is 5.63 Å². The summed E-state index contributed by atoms with van der Waals surface area (Å²) in [6.45, 7) is 0.733. The number of carbonyl (C=O) groups is 1. The van der Waals surface area contributed by atoms with Crippen LogP contribution in [0.5, 0.6) is 5.75 Å². The summed E-state index contributed by atoms with van der Waals surface area (Å²) in [5, 5.41) is 0.628. The second-order valence-corrected chi connectivity index (χ2v) is 7.11. The SMILES string of the molecule is COc1cccc2cc(C(=O)N(CCc3ccccc3)Cc3ccccn3)c(=O)oc12. The minimum Gasteiger partial charge on any atom is -0.493 e. The number of aromatic nitrogens is 1. The molecule has 6 nitrogen and oxygen atoms in total. The number of fused-ring (bicyclic) bond motifs is 1. The Morgan fingerprint density at radius 1 is 1.03 bits per heavy atom. The van der Waals surface area contributed by atoms with Crippen molar-refractivity contribution in [1.82, 2.24) is 9.88 Å². The van der Waals surface area contributed by atoms with E-state index in [1.54, 1.807) is 35.4 Å². The van der Waals surface area contributed by atoms with Gasteiger partial charge in [-0.15, -0.1) is 0 Å². The van der Waals surface area contributed by atoms with E-state index >= 15 is 0 Å². The van der Waals surface area contributed by atoms with Crippen molar-refractivity contribution in [1.29, 1.82) is 0 Å². The largest absolute Gasteiger partial charge is 0.493 e. The van der Waals surface area contributed by atoms with E-state index in [1.165, 1.54) is 7.11 Å². The van der Waals surface area contributed by atoms with E-state index in [0.29, 0.717) is 36.2 Å². The van der Waals surface area contributed by atoms with Crippen molar-refractivity contribution in [2.75, 3.05) is 13.7 Å². The van der Waals surface area contributed by atoms with Crippen LogP contribution in [0.15, 0.2) is 88.2 Å². The molecule has 4 rings (SSSR count). The molecule has 4 aromatic rings. The Morgan fingerprint density at radius 2 is 1.84 bits per heavy atom. The maximum atomic E-state index is 13.4. The van der Waals surface area contributed by atoms with Crippen LogP contribution in [0.4, 0.5) is 0 Å². The second-order valence-electron chi connectivity index (χ2n) is 7.11. The highest BCUT2D eigenvalue weighted by Gasteiger charge is 2.22. The van der Waals surface area contributed by atoms with Crippen LogP contribution in [0.2, 0.25) is 0 Å². The van der Waals surface area contributed by atoms with E-state index in [2.05, 4.69) is 4.98 Å². The van der Waals surface area contributed by atoms with Gasteiger partial charge in [-0.25, -0.2) is 4.79 Å². The standard InChI is InChI=1S/C25H22N2O4/c1-30-22-12-7-10-19-16-21(25(29)31-23(19)22)24(28)27(17-20-11-5-6-14-26-20)15-13-18-8-3-2-4-9-18/h2-12,14,16H,13,15,17H2,1H3. The lowest BCUT2D eigenvalue weighted by molar-refractivity contribution is 0.0739. The number of ether oxygens (including phenoxy) is 1. The van der Waals surface area contributed by atoms with Crippen molar-refractivity contribution in [2.45, 2.75) is 13.0 Å². The second kappa shape index (κ2) is 9.26. The van der Waals surface area contributed by atoms with Gasteiger partial charge in [-0.2, -0.15) is 0 Å². The summed E-state index contributed by atoms with van der Waals surface area (Å²) < 4.78 is 10.7. The van der Waals surface area contributed by atoms with Gasteiger partial charge in [0.2, 0.25) is 0 Å². The van der Waals surface area contributed by atoms with Crippen molar-refractivity contribution in [3.8, 4) is 5.75 Å². The van der Waals surface area contributed by atoms with Crippen molar-refractivity contribution in [3.05, 3.63) is 106 Å². The number of nitrogens with zero attached hydrogens (tertiary/aromatic N) is 2. The lowest BCUT2D eigenvalue weighted by Gasteiger charge is -2.22. The fourth-order valence-electron chi connectivity index (χ4n) is 3.45. The molecule has 0 unspecified atom stereocenters. The lowest BCUT2D eigenvalue weighted by Crippen LogP contribution is -2.35. The molecule has 0 saturated carbocycles. The number of hydrogen-bond acceptors (Lipinski definition) is 5. The predicted molar refractivity (Wildman–Crippen MR) is 118 cm³/mol. The molecule has 0 fully saturated rings. The molecule has 0 aliphatic rings. The highest BCUT2D eigenvalue weighted by atomic mass is 16.5. The Balaban J connectivity index is 1.67. The zero-order valence-corrected chi connectivity index (χ0v) is 17.2. The van der Waals surface area contributed by atoms with Crippen molar-refractivity contribution in [2.24, 2.45) is 0 Å². The molecule has 31 heavy (non-hydrogen) atoms. The molecule has 6 heteroatoms. The number of pyridine rings is 1. The predicted octanol–water partition coefficient (Wildman–Crippen LogP) is 4.08. The van der Waals surface area contributed by atoms with Gasteiger partial charge in [-0.1, -0.05) is 48.5 Å². The van der Waals surface area contributed by atoms with Gasteiger partial charge >= 0.3 is 5.63 Å². The molecule has 0 bridgehead atoms. The van der Waals surface area contributed by atoms with Gasteiger partial charge in [0.15, 0.2) is 11.3 Å². The van der Waals surface area contributed by atoms with Gasteiger partial charge in [0, 0.05) is 18.1 Å². The number of hydrogen-bond donors (Lipinski definition) is 0. The van der Waals surface area contributed by atoms with E-state index in [-0.39, 0.29) is 11.5 Å². The number of carbonyl (C=O) groups excluding carboxylic acids is 1. The first kappa shape index (κ1) is 20.3. The molecule has 2 aromatic carbocycles. The molecule has 0 atom stereocenters. The molecule has 156 valence electrons. The molecule has 0 radical (unpaired) electrons. The van der Waals surface area contributed by atoms with Crippen LogP contribution in [0, 0.1) is 0 Å². The molecule has 0 saturated heterocycles. The van der Waals surface area contributed by atoms with Crippen LogP contribution in [-0.2, 0) is 13.0 Å². The van der Waals surface area contributed by atoms with Gasteiger partial charge in [-0.05, 0) is 36.2 Å². The third kappa shape index (κ3) is 4.64. The Bertz CT molecular complexity index is 1240. The Labute approximate surface area is 179 Å². The fourth-order valence-corrected chi connectivity index (χ4v) is 3.45. The summed E-state index contributed by atoms with van der Waals surface area (Å²) in [5.74, 6) is 0.0584. The van der Waals surface area contributed by atoms with E-state index in [0.717, 1.165) is 11.3 Å². The quantitative estimate of drug-likeness (QED) is 0.426. The molecule has 2 heterocycles. The number of amides is 1. The summed E-state index contributed by atoms with van der Waals surface area (Å²) in [5.41, 5.74) is 1.48. The zero-order chi connectivity index (χ0) is 21.6. The lowest BCUT2D eigenvalue weighted by atomic mass is 10.1. The van der Waals surface area contributed by atoms with Crippen LogP contribution >= 0.6 is 0 Å². The third-order valence-electron chi connectivity index (χ3n) is 5.05. The highest BCUT2D eigenvalue weighted by molar-refractivity contribution is 5.97. The minimum atomic E-state index is -0.687. The zero-order valence-electron chi connectivity index (χ0n) is 17.2. The molecular formula is C25H22N2O4. The smallest absolute Gasteiger partial charge is 0.349 e. The Hall–Kier alpha value is -3.93. The van der Waals surface area contributed by atoms with E-state index in [1.807, 2.05) is 48.5 Å². The molecule has 0 spiro atoms. The Kier molecular flexibility index (Phi) is 6.08. The van der Waals surface area contributed by atoms with Gasteiger partial charge in [0.1, 0.15) is 5.56 Å². The highest BCUT2D eigenvalue weighted by Crippen LogP contribution is 2.25. The van der Waals surface area contributed by atoms with Crippen LogP contribution in [0.3, 0.4) is 0 Å². The van der Waals surface area contributed by atoms with Gasteiger partial charge in [0.25, 0.3) is 5.91 Å². The summed E-state index contributed by atoms with van der Waals surface area (Å²) >= 11 is 0. The van der Waals surface area contributed by atoms with E-state index in [9.17, 15) is 9.59 Å². The summed E-state index contributed by atoms with van der Waals surface area (Å²) in [6, 6.07) is 22.3. The van der Waals surface area contributed by atoms with Crippen LogP contribution in [-0.4, -0.2) is 29.4 Å². The first-order chi connectivity index (χ1) is 15.2. The fraction of sp³-hybridized carbons (Fsp3) is 0.160. The van der Waals surface area contributed by atoms with Gasteiger partial charge in [-0.3, -0.25) is 9.78 Å². The van der Waals surface area contributed by atoms with Crippen LogP contribution in [0.25, 0.3) is 11.0 Å². The topological polar surface area (TPSA) is 72.6 Å². The third-order valence-corrected chi connectivity index (χ3v) is 5.05. The maximum absolute atomic E-state index is 13.4. The molecule has 1 amide bonds. The van der Waals surface area contributed by atoms with Gasteiger partial charge in [0.05, 0.1) is 19.3 Å². The maximum Gasteiger partial charge on any atom is 0.349 e. The monoisotopic (exact) mass is 414 g/mol. The van der Waals surface area contributed by atoms with Crippen LogP contribution in [0.1, 0.15) is 21.6 Å². The number of rotatable bonds is 7. The van der Waals surface area contributed by atoms with Crippen molar-refractivity contribution in [3.63, 3.8) is 0 Å².